The van der Waals surface area contributed by atoms with Gasteiger partial charge in [-0.3, -0.25) is 9.78 Å². The first-order valence-electron chi connectivity index (χ1n) is 5.11. The number of aromatic nitrogens is 1. The quantitative estimate of drug-likeness (QED) is 0.636. The lowest BCUT2D eigenvalue weighted by Crippen LogP contribution is -2.23. The third kappa shape index (κ3) is 3.40. The Bertz CT molecular complexity index is 408. The van der Waals surface area contributed by atoms with Crippen molar-refractivity contribution >= 4 is 11.7 Å². The molecule has 0 amide bonds. The molecule has 0 aromatic carbocycles. The average Bonchev–Trinajstić information content (AvgIpc) is 2.31. The lowest BCUT2D eigenvalue weighted by molar-refractivity contribution is -0.144. The number of nitrogen functional groups attached to an aromatic ring is 1. The van der Waals surface area contributed by atoms with E-state index in [4.69, 9.17) is 5.73 Å². The molecule has 6 nitrogen and oxygen atoms in total. The van der Waals surface area contributed by atoms with Crippen LogP contribution in [0.1, 0.15) is 23.9 Å². The minimum absolute atomic E-state index is 0.271. The molecule has 0 fully saturated rings. The predicted octanol–water partition coefficient (Wildman–Crippen LogP) is -0.0704. The summed E-state index contributed by atoms with van der Waals surface area (Å²) in [7, 11) is 1.22. The zero-order valence-electron chi connectivity index (χ0n) is 9.75. The minimum atomic E-state index is -1.25. The molecule has 2 atom stereocenters. The molecule has 0 aliphatic carbocycles. The summed E-state index contributed by atoms with van der Waals surface area (Å²) in [5.74, 6) is -0.594. The molecule has 1 aromatic rings. The summed E-state index contributed by atoms with van der Waals surface area (Å²) in [5, 5.41) is 19.4. The smallest absolute Gasteiger partial charge is 0.308 e. The number of esters is 1. The molecule has 94 valence electrons. The number of nitrogens with two attached hydrogens (primary N) is 1. The number of hydrogen-bond donors (Lipinski definition) is 3. The predicted molar refractivity (Wildman–Crippen MR) is 61.0 cm³/mol. The van der Waals surface area contributed by atoms with Crippen LogP contribution in [0.25, 0.3) is 0 Å². The highest BCUT2D eigenvalue weighted by Crippen LogP contribution is 2.19. The molecule has 6 heteroatoms. The Labute approximate surface area is 99.0 Å². The van der Waals surface area contributed by atoms with Gasteiger partial charge in [0.2, 0.25) is 0 Å². The highest BCUT2D eigenvalue weighted by Gasteiger charge is 2.23. The van der Waals surface area contributed by atoms with Crippen LogP contribution in [0.15, 0.2) is 12.1 Å². The van der Waals surface area contributed by atoms with Gasteiger partial charge in [0.1, 0.15) is 6.10 Å². The van der Waals surface area contributed by atoms with Crippen LogP contribution in [0.5, 0.6) is 0 Å². The van der Waals surface area contributed by atoms with Gasteiger partial charge in [-0.05, 0) is 19.1 Å². The number of hydrogen-bond acceptors (Lipinski definition) is 6. The summed E-state index contributed by atoms with van der Waals surface area (Å²) in [6.45, 7) is 1.69. The maximum absolute atomic E-state index is 10.9. The Morgan fingerprint density at radius 2 is 2.18 bits per heavy atom. The molecule has 1 rings (SSSR count). The van der Waals surface area contributed by atoms with Crippen molar-refractivity contribution < 1.29 is 19.7 Å². The Balaban J connectivity index is 2.77. The largest absolute Gasteiger partial charge is 0.469 e. The molecule has 0 aliphatic rings. The number of methoxy groups -OCH3 is 1. The van der Waals surface area contributed by atoms with Gasteiger partial charge in [0.05, 0.1) is 36.7 Å². The van der Waals surface area contributed by atoms with Gasteiger partial charge in [-0.2, -0.15) is 0 Å². The monoisotopic (exact) mass is 240 g/mol. The number of aliphatic hydroxyl groups excluding tert-OH is 2. The van der Waals surface area contributed by atoms with Gasteiger partial charge in [-0.15, -0.1) is 0 Å². The highest BCUT2D eigenvalue weighted by atomic mass is 16.5. The SMILES string of the molecule is COC(=O)CC(O)C(O)c1ccc(N)c(C)n1. The number of anilines is 1. The van der Waals surface area contributed by atoms with Crippen molar-refractivity contribution in [2.45, 2.75) is 25.6 Å². The maximum Gasteiger partial charge on any atom is 0.308 e. The number of ether oxygens (including phenoxy) is 1. The molecule has 0 bridgehead atoms. The van der Waals surface area contributed by atoms with Crippen LogP contribution in [0.4, 0.5) is 5.69 Å². The maximum atomic E-state index is 10.9. The van der Waals surface area contributed by atoms with Crippen molar-refractivity contribution in [2.24, 2.45) is 0 Å². The fourth-order valence-electron chi connectivity index (χ4n) is 1.32. The standard InChI is InChI=1S/C11H16N2O4/c1-6-7(12)3-4-8(13-6)11(16)9(14)5-10(15)17-2/h3-4,9,11,14,16H,5,12H2,1-2H3. The average molecular weight is 240 g/mol. The molecule has 1 aromatic heterocycles. The van der Waals surface area contributed by atoms with E-state index in [9.17, 15) is 15.0 Å². The molecule has 2 unspecified atom stereocenters. The van der Waals surface area contributed by atoms with Crippen LogP contribution in [0.2, 0.25) is 0 Å². The van der Waals surface area contributed by atoms with Gasteiger partial charge in [0, 0.05) is 0 Å². The highest BCUT2D eigenvalue weighted by molar-refractivity contribution is 5.69. The van der Waals surface area contributed by atoms with Gasteiger partial charge in [0.15, 0.2) is 0 Å². The second-order valence-electron chi connectivity index (χ2n) is 3.70. The number of nitrogens with zero attached hydrogens (tertiary/aromatic N) is 1. The summed E-state index contributed by atoms with van der Waals surface area (Å²) >= 11 is 0. The number of carbonyl (C=O) groups is 1. The molecule has 1 heterocycles. The molecule has 4 N–H and O–H groups in total. The third-order valence-electron chi connectivity index (χ3n) is 2.42. The van der Waals surface area contributed by atoms with E-state index in [1.165, 1.54) is 13.2 Å². The van der Waals surface area contributed by atoms with Gasteiger partial charge >= 0.3 is 5.97 Å². The topological polar surface area (TPSA) is 106 Å². The van der Waals surface area contributed by atoms with Gasteiger partial charge in [0.25, 0.3) is 0 Å². The molecule has 0 aliphatic heterocycles. The molecular weight excluding hydrogens is 224 g/mol. The fourth-order valence-corrected chi connectivity index (χ4v) is 1.32. The van der Waals surface area contributed by atoms with E-state index in [-0.39, 0.29) is 12.1 Å². The second-order valence-corrected chi connectivity index (χ2v) is 3.70. The molecular formula is C11H16N2O4. The van der Waals surface area contributed by atoms with E-state index in [1.807, 2.05) is 0 Å². The summed E-state index contributed by atoms with van der Waals surface area (Å²) in [5.41, 5.74) is 6.92. The lowest BCUT2D eigenvalue weighted by atomic mass is 10.1. The third-order valence-corrected chi connectivity index (χ3v) is 2.42. The van der Waals surface area contributed by atoms with Crippen LogP contribution in [0.3, 0.4) is 0 Å². The molecule has 0 radical (unpaired) electrons. The van der Waals surface area contributed by atoms with Crippen molar-refractivity contribution in [1.82, 2.24) is 4.98 Å². The summed E-state index contributed by atoms with van der Waals surface area (Å²) in [6.07, 6.45) is -2.78. The van der Waals surface area contributed by atoms with Crippen LogP contribution >= 0.6 is 0 Å². The Morgan fingerprint density at radius 1 is 1.53 bits per heavy atom. The van der Waals surface area contributed by atoms with E-state index in [2.05, 4.69) is 9.72 Å². The van der Waals surface area contributed by atoms with Crippen LogP contribution < -0.4 is 5.73 Å². The van der Waals surface area contributed by atoms with Gasteiger partial charge in [-0.1, -0.05) is 0 Å². The van der Waals surface area contributed by atoms with Crippen molar-refractivity contribution in [1.29, 1.82) is 0 Å². The molecule has 0 spiro atoms. The van der Waals surface area contributed by atoms with E-state index in [0.29, 0.717) is 11.4 Å². The Kier molecular flexibility index (Phi) is 4.42. The van der Waals surface area contributed by atoms with E-state index in [1.54, 1.807) is 13.0 Å². The lowest BCUT2D eigenvalue weighted by Gasteiger charge is -2.17. The fraction of sp³-hybridized carbons (Fsp3) is 0.455. The minimum Gasteiger partial charge on any atom is -0.469 e. The molecule has 0 saturated carbocycles. The summed E-state index contributed by atoms with van der Waals surface area (Å²) < 4.78 is 4.40. The van der Waals surface area contributed by atoms with E-state index < -0.39 is 18.2 Å². The van der Waals surface area contributed by atoms with Crippen LogP contribution in [-0.2, 0) is 9.53 Å². The first-order chi connectivity index (χ1) is 7.95. The van der Waals surface area contributed by atoms with Crippen molar-refractivity contribution in [3.8, 4) is 0 Å². The van der Waals surface area contributed by atoms with E-state index in [0.717, 1.165) is 0 Å². The summed E-state index contributed by atoms with van der Waals surface area (Å²) in [4.78, 5) is 15.0. The Hall–Kier alpha value is -1.66. The number of pyridine rings is 1. The zero-order valence-corrected chi connectivity index (χ0v) is 9.75. The van der Waals surface area contributed by atoms with Crippen LogP contribution in [0, 0.1) is 6.92 Å². The van der Waals surface area contributed by atoms with Gasteiger partial charge in [-0.25, -0.2) is 0 Å². The number of aliphatic hydroxyl groups is 2. The normalized spacial score (nSPS) is 14.1. The van der Waals surface area contributed by atoms with Crippen molar-refractivity contribution in [3.63, 3.8) is 0 Å². The number of aryl methyl sites for hydroxylation is 1. The molecule has 0 saturated heterocycles. The van der Waals surface area contributed by atoms with Crippen LogP contribution in [-0.4, -0.2) is 34.4 Å². The van der Waals surface area contributed by atoms with E-state index >= 15 is 0 Å². The summed E-state index contributed by atoms with van der Waals surface area (Å²) in [6, 6.07) is 3.10. The first kappa shape index (κ1) is 13.4. The zero-order chi connectivity index (χ0) is 13.0. The van der Waals surface area contributed by atoms with Crippen molar-refractivity contribution in [2.75, 3.05) is 12.8 Å². The van der Waals surface area contributed by atoms with Crippen molar-refractivity contribution in [3.05, 3.63) is 23.5 Å². The molecule has 17 heavy (non-hydrogen) atoms. The number of rotatable bonds is 4. The first-order valence-corrected chi connectivity index (χ1v) is 5.11. The second kappa shape index (κ2) is 5.60. The number of carbonyl (C=O) groups excluding carboxylic acids is 1. The van der Waals surface area contributed by atoms with Gasteiger partial charge < -0.3 is 20.7 Å². The Morgan fingerprint density at radius 3 is 2.71 bits per heavy atom.